The molecule has 1 heterocycles. The number of hydrogen-bond donors (Lipinski definition) is 2. The average Bonchev–Trinajstić information content (AvgIpc) is 3.05. The van der Waals surface area contributed by atoms with Gasteiger partial charge < -0.3 is 14.6 Å². The fourth-order valence-electron chi connectivity index (χ4n) is 3.55. The van der Waals surface area contributed by atoms with Crippen LogP contribution in [0, 0.1) is 0 Å². The summed E-state index contributed by atoms with van der Waals surface area (Å²) in [6.07, 6.45) is 3.65. The molecule has 0 radical (unpaired) electrons. The Hall–Kier alpha value is -1.53. The van der Waals surface area contributed by atoms with Crippen molar-refractivity contribution < 1.29 is 13.9 Å². The Labute approximate surface area is 158 Å². The molecule has 3 atom stereocenters. The van der Waals surface area contributed by atoms with Crippen LogP contribution in [0.3, 0.4) is 0 Å². The van der Waals surface area contributed by atoms with Crippen LogP contribution in [0.2, 0.25) is 0 Å². The van der Waals surface area contributed by atoms with Crippen molar-refractivity contribution in [3.63, 3.8) is 0 Å². The Kier molecular flexibility index (Phi) is 5.92. The van der Waals surface area contributed by atoms with Crippen molar-refractivity contribution in [3.8, 4) is 11.1 Å². The van der Waals surface area contributed by atoms with Crippen molar-refractivity contribution >= 4 is 11.1 Å². The molecule has 0 bridgehead atoms. The van der Waals surface area contributed by atoms with E-state index < -0.39 is 16.0 Å². The van der Waals surface area contributed by atoms with Crippen LogP contribution in [0.25, 0.3) is 11.1 Å². The molecule has 26 heavy (non-hydrogen) atoms. The molecule has 0 amide bonds. The van der Waals surface area contributed by atoms with Crippen LogP contribution in [-0.2, 0) is 22.4 Å². The highest BCUT2D eigenvalue weighted by Crippen LogP contribution is 2.28. The van der Waals surface area contributed by atoms with Crippen LogP contribution in [0.4, 0.5) is 0 Å². The SMILES string of the molecule is C[C@@H]1CCCN1CCc1ccc(-c2cccc(C(C)(O)S(=O)O)c2)cc1. The van der Waals surface area contributed by atoms with Gasteiger partial charge in [-0.3, -0.25) is 0 Å². The van der Waals surface area contributed by atoms with Crippen molar-refractivity contribution in [3.05, 3.63) is 59.7 Å². The van der Waals surface area contributed by atoms with Gasteiger partial charge >= 0.3 is 0 Å². The lowest BCUT2D eigenvalue weighted by molar-refractivity contribution is 0.143. The molecule has 0 spiro atoms. The summed E-state index contributed by atoms with van der Waals surface area (Å²) < 4.78 is 20.7. The Balaban J connectivity index is 1.71. The lowest BCUT2D eigenvalue weighted by Gasteiger charge is -2.21. The average molecular weight is 374 g/mol. The third-order valence-electron chi connectivity index (χ3n) is 5.40. The molecule has 1 saturated heterocycles. The monoisotopic (exact) mass is 373 g/mol. The topological polar surface area (TPSA) is 60.8 Å². The zero-order valence-electron chi connectivity index (χ0n) is 15.4. The van der Waals surface area contributed by atoms with Crippen LogP contribution in [-0.4, -0.2) is 37.9 Å². The minimum atomic E-state index is -2.35. The van der Waals surface area contributed by atoms with E-state index in [0.29, 0.717) is 11.6 Å². The van der Waals surface area contributed by atoms with Crippen molar-refractivity contribution in [2.45, 2.75) is 44.1 Å². The van der Waals surface area contributed by atoms with Gasteiger partial charge in [-0.05, 0) is 68.0 Å². The predicted octanol–water partition coefficient (Wildman–Crippen LogP) is 3.77. The van der Waals surface area contributed by atoms with Gasteiger partial charge in [-0.15, -0.1) is 0 Å². The summed E-state index contributed by atoms with van der Waals surface area (Å²) in [5.41, 5.74) is 3.70. The molecule has 140 valence electrons. The van der Waals surface area contributed by atoms with E-state index in [0.717, 1.165) is 24.1 Å². The quantitative estimate of drug-likeness (QED) is 0.757. The lowest BCUT2D eigenvalue weighted by atomic mass is 9.99. The molecule has 2 N–H and O–H groups in total. The van der Waals surface area contributed by atoms with Gasteiger partial charge in [-0.2, -0.15) is 0 Å². The maximum atomic E-state index is 11.4. The van der Waals surface area contributed by atoms with E-state index >= 15 is 0 Å². The standard InChI is InChI=1S/C21H27NO3S/c1-16-5-4-13-22(16)14-12-17-8-10-18(11-9-17)19-6-3-7-20(15-19)21(2,23)26(24)25/h3,6-11,15-16,23H,4-5,12-14H2,1-2H3,(H,24,25)/t16-,21?/m1/s1. The maximum absolute atomic E-state index is 11.4. The predicted molar refractivity (Wildman–Crippen MR) is 106 cm³/mol. The van der Waals surface area contributed by atoms with Crippen LogP contribution in [0.5, 0.6) is 0 Å². The summed E-state index contributed by atoms with van der Waals surface area (Å²) in [4.78, 5) is 0.775. The highest BCUT2D eigenvalue weighted by atomic mass is 32.2. The minimum Gasteiger partial charge on any atom is -0.371 e. The Morgan fingerprint density at radius 1 is 1.19 bits per heavy atom. The van der Waals surface area contributed by atoms with Crippen molar-refractivity contribution in [1.29, 1.82) is 0 Å². The van der Waals surface area contributed by atoms with Gasteiger partial charge in [-0.1, -0.05) is 42.5 Å². The zero-order chi connectivity index (χ0) is 18.7. The Bertz CT molecular complexity index is 773. The van der Waals surface area contributed by atoms with E-state index in [-0.39, 0.29) is 0 Å². The zero-order valence-corrected chi connectivity index (χ0v) is 16.2. The van der Waals surface area contributed by atoms with Crippen molar-refractivity contribution in [2.75, 3.05) is 13.1 Å². The summed E-state index contributed by atoms with van der Waals surface area (Å²) in [6, 6.07) is 16.3. The largest absolute Gasteiger partial charge is 0.371 e. The molecule has 0 aromatic heterocycles. The van der Waals surface area contributed by atoms with Crippen molar-refractivity contribution in [1.82, 2.24) is 4.90 Å². The highest BCUT2D eigenvalue weighted by Gasteiger charge is 2.30. The number of likely N-dealkylation sites (tertiary alicyclic amines) is 1. The van der Waals surface area contributed by atoms with Crippen LogP contribution in [0.15, 0.2) is 48.5 Å². The second-order valence-electron chi connectivity index (χ2n) is 7.29. The van der Waals surface area contributed by atoms with Crippen LogP contribution in [0.1, 0.15) is 37.8 Å². The first-order valence-corrected chi connectivity index (χ1v) is 10.3. The summed E-state index contributed by atoms with van der Waals surface area (Å²) in [6.45, 7) is 5.96. The minimum absolute atomic E-state index is 0.433. The van der Waals surface area contributed by atoms with E-state index in [9.17, 15) is 13.9 Å². The van der Waals surface area contributed by atoms with E-state index in [1.807, 2.05) is 6.07 Å². The van der Waals surface area contributed by atoms with E-state index in [4.69, 9.17) is 0 Å². The van der Waals surface area contributed by atoms with Gasteiger partial charge in [0.2, 0.25) is 0 Å². The number of hydrogen-bond acceptors (Lipinski definition) is 3. The van der Waals surface area contributed by atoms with Gasteiger partial charge in [0, 0.05) is 12.6 Å². The maximum Gasteiger partial charge on any atom is 0.190 e. The summed E-state index contributed by atoms with van der Waals surface area (Å²) in [7, 11) is 0. The van der Waals surface area contributed by atoms with Crippen molar-refractivity contribution in [2.24, 2.45) is 0 Å². The molecule has 2 aromatic rings. The summed E-state index contributed by atoms with van der Waals surface area (Å²) in [5, 5.41) is 10.2. The molecular formula is C21H27NO3S. The van der Waals surface area contributed by atoms with E-state index in [1.165, 1.54) is 31.9 Å². The van der Waals surface area contributed by atoms with Gasteiger partial charge in [0.15, 0.2) is 16.0 Å². The number of rotatable bonds is 6. The second kappa shape index (κ2) is 8.01. The number of benzene rings is 2. The normalized spacial score (nSPS) is 21.5. The van der Waals surface area contributed by atoms with Crippen LogP contribution >= 0.6 is 0 Å². The summed E-state index contributed by atoms with van der Waals surface area (Å²) >= 11 is -2.35. The third-order valence-corrected chi connectivity index (χ3v) is 6.32. The van der Waals surface area contributed by atoms with Gasteiger partial charge in [-0.25, -0.2) is 4.21 Å². The molecule has 2 aromatic carbocycles. The molecule has 2 unspecified atom stereocenters. The fraction of sp³-hybridized carbons (Fsp3) is 0.429. The Morgan fingerprint density at radius 2 is 1.92 bits per heavy atom. The molecule has 1 aliphatic rings. The Morgan fingerprint density at radius 3 is 2.54 bits per heavy atom. The molecule has 1 fully saturated rings. The highest BCUT2D eigenvalue weighted by molar-refractivity contribution is 7.80. The number of nitrogens with zero attached hydrogens (tertiary/aromatic N) is 1. The summed E-state index contributed by atoms with van der Waals surface area (Å²) in [5.74, 6) is 0. The molecule has 0 aliphatic carbocycles. The van der Waals surface area contributed by atoms with Crippen LogP contribution < -0.4 is 0 Å². The molecule has 1 aliphatic heterocycles. The molecule has 0 saturated carbocycles. The smallest absolute Gasteiger partial charge is 0.190 e. The fourth-order valence-corrected chi connectivity index (χ4v) is 3.88. The molecular weight excluding hydrogens is 346 g/mol. The first-order chi connectivity index (χ1) is 12.4. The van der Waals surface area contributed by atoms with Gasteiger partial charge in [0.1, 0.15) is 0 Å². The first kappa shape index (κ1) is 19.2. The van der Waals surface area contributed by atoms with Gasteiger partial charge in [0.05, 0.1) is 0 Å². The lowest BCUT2D eigenvalue weighted by Crippen LogP contribution is -2.28. The van der Waals surface area contributed by atoms with E-state index in [1.54, 1.807) is 18.2 Å². The number of aliphatic hydroxyl groups is 1. The van der Waals surface area contributed by atoms with Gasteiger partial charge in [0.25, 0.3) is 0 Å². The molecule has 4 nitrogen and oxygen atoms in total. The molecule has 5 heteroatoms. The first-order valence-electron chi connectivity index (χ1n) is 9.15. The molecule has 3 rings (SSSR count). The second-order valence-corrected chi connectivity index (χ2v) is 8.58. The van der Waals surface area contributed by atoms with E-state index in [2.05, 4.69) is 36.1 Å². The third kappa shape index (κ3) is 4.23.